The van der Waals surface area contributed by atoms with Crippen LogP contribution < -0.4 is 5.73 Å². The molecular formula is C16H13N5O8S2. The molecule has 3 rings (SSSR count). The van der Waals surface area contributed by atoms with E-state index in [2.05, 4.69) is 15.3 Å². The maximum Gasteiger partial charge on any atom is 0.358 e. The van der Waals surface area contributed by atoms with Gasteiger partial charge in [-0.3, -0.25) is 9.11 Å². The summed E-state index contributed by atoms with van der Waals surface area (Å²) < 4.78 is 64.6. The van der Waals surface area contributed by atoms with Gasteiger partial charge in [-0.05, 0) is 42.5 Å². The topological polar surface area (TPSA) is 215 Å². The standard InChI is InChI=1S/C16H13N5O8S2/c17-9-1-6-14(31(27,28)29)12(7-9)18-19-13-8-21(20-15(13)16(22)23)10-2-4-11(5-3-10)30(24,25)26/h1-8H,17H2,(H,22,23)(H,24,25,26)(H,27,28,29). The highest BCUT2D eigenvalue weighted by molar-refractivity contribution is 7.86. The van der Waals surface area contributed by atoms with E-state index in [4.69, 9.17) is 10.3 Å². The Labute approximate surface area is 175 Å². The fourth-order valence-corrected chi connectivity index (χ4v) is 3.52. The number of rotatable bonds is 6. The minimum Gasteiger partial charge on any atom is -0.476 e. The van der Waals surface area contributed by atoms with Crippen molar-refractivity contribution in [1.82, 2.24) is 9.78 Å². The van der Waals surface area contributed by atoms with Crippen LogP contribution in [0.15, 0.2) is 68.7 Å². The second kappa shape index (κ2) is 7.88. The van der Waals surface area contributed by atoms with Crippen molar-refractivity contribution in [3.8, 4) is 5.69 Å². The SMILES string of the molecule is Nc1ccc(S(=O)(=O)O)c(N=Nc2cn(-c3ccc(S(=O)(=O)O)cc3)nc2C(=O)O)c1. The van der Waals surface area contributed by atoms with E-state index in [1.54, 1.807) is 0 Å². The lowest BCUT2D eigenvalue weighted by Gasteiger charge is -2.02. The van der Waals surface area contributed by atoms with Crippen molar-refractivity contribution < 1.29 is 35.8 Å². The van der Waals surface area contributed by atoms with E-state index < -0.39 is 36.8 Å². The fraction of sp³-hybridized carbons (Fsp3) is 0. The van der Waals surface area contributed by atoms with Crippen molar-refractivity contribution in [3.05, 3.63) is 54.4 Å². The molecule has 1 heterocycles. The van der Waals surface area contributed by atoms with E-state index >= 15 is 0 Å². The van der Waals surface area contributed by atoms with Gasteiger partial charge in [0.15, 0.2) is 5.69 Å². The van der Waals surface area contributed by atoms with Crippen LogP contribution in [-0.4, -0.2) is 46.8 Å². The van der Waals surface area contributed by atoms with Gasteiger partial charge in [-0.1, -0.05) is 0 Å². The minimum absolute atomic E-state index is 0.120. The van der Waals surface area contributed by atoms with Crippen molar-refractivity contribution in [2.24, 2.45) is 10.2 Å². The molecule has 0 saturated heterocycles. The zero-order chi connectivity index (χ0) is 23.0. The third-order valence-corrected chi connectivity index (χ3v) is 5.59. The maximum atomic E-state index is 11.5. The van der Waals surface area contributed by atoms with Crippen LogP contribution in [0.2, 0.25) is 0 Å². The molecule has 2 aromatic carbocycles. The lowest BCUT2D eigenvalue weighted by molar-refractivity contribution is 0.0690. The van der Waals surface area contributed by atoms with Crippen molar-refractivity contribution >= 4 is 43.3 Å². The zero-order valence-electron chi connectivity index (χ0n) is 15.2. The van der Waals surface area contributed by atoms with E-state index in [-0.39, 0.29) is 27.6 Å². The smallest absolute Gasteiger partial charge is 0.358 e. The number of carboxylic acids is 1. The molecule has 31 heavy (non-hydrogen) atoms. The molecule has 0 unspecified atom stereocenters. The summed E-state index contributed by atoms with van der Waals surface area (Å²) in [7, 11) is -9.07. The highest BCUT2D eigenvalue weighted by Crippen LogP contribution is 2.30. The van der Waals surface area contributed by atoms with Crippen LogP contribution in [0.3, 0.4) is 0 Å². The van der Waals surface area contributed by atoms with Crippen molar-refractivity contribution in [2.75, 3.05) is 5.73 Å². The van der Waals surface area contributed by atoms with Crippen molar-refractivity contribution in [2.45, 2.75) is 9.79 Å². The molecule has 0 amide bonds. The predicted octanol–water partition coefficient (Wildman–Crippen LogP) is 2.06. The van der Waals surface area contributed by atoms with Gasteiger partial charge in [-0.15, -0.1) is 10.2 Å². The highest BCUT2D eigenvalue weighted by atomic mass is 32.2. The Hall–Kier alpha value is -3.66. The molecule has 0 aliphatic carbocycles. The Kier molecular flexibility index (Phi) is 5.60. The molecule has 0 aliphatic heterocycles. The number of hydrogen-bond donors (Lipinski definition) is 4. The molecule has 0 bridgehead atoms. The van der Waals surface area contributed by atoms with Gasteiger partial charge in [-0.2, -0.15) is 21.9 Å². The van der Waals surface area contributed by atoms with Crippen LogP contribution in [0.4, 0.5) is 17.1 Å². The summed E-state index contributed by atoms with van der Waals surface area (Å²) in [5, 5.41) is 20.6. The molecule has 0 fully saturated rings. The third-order valence-electron chi connectivity index (χ3n) is 3.82. The number of nitrogens with two attached hydrogens (primary N) is 1. The van der Waals surface area contributed by atoms with Crippen LogP contribution in [0.25, 0.3) is 5.69 Å². The molecule has 0 aliphatic rings. The van der Waals surface area contributed by atoms with Crippen molar-refractivity contribution in [1.29, 1.82) is 0 Å². The van der Waals surface area contributed by atoms with Gasteiger partial charge in [0, 0.05) is 5.69 Å². The zero-order valence-corrected chi connectivity index (χ0v) is 16.8. The first-order chi connectivity index (χ1) is 14.4. The molecule has 0 radical (unpaired) electrons. The summed E-state index contributed by atoms with van der Waals surface area (Å²) >= 11 is 0. The Morgan fingerprint density at radius 3 is 2.10 bits per heavy atom. The number of azo groups is 1. The summed E-state index contributed by atoms with van der Waals surface area (Å²) in [4.78, 5) is 10.5. The molecule has 0 atom stereocenters. The maximum absolute atomic E-state index is 11.5. The van der Waals surface area contributed by atoms with E-state index in [1.807, 2.05) is 0 Å². The summed E-state index contributed by atoms with van der Waals surface area (Å²) in [6.45, 7) is 0. The van der Waals surface area contributed by atoms with Gasteiger partial charge in [-0.25, -0.2) is 9.48 Å². The number of nitrogen functional groups attached to an aromatic ring is 1. The lowest BCUT2D eigenvalue weighted by atomic mass is 10.3. The Balaban J connectivity index is 2.05. The summed E-state index contributed by atoms with van der Waals surface area (Å²) in [6, 6.07) is 8.04. The van der Waals surface area contributed by atoms with Gasteiger partial charge in [0.25, 0.3) is 20.2 Å². The number of nitrogens with zero attached hydrogens (tertiary/aromatic N) is 4. The number of aromatic nitrogens is 2. The second-order valence-electron chi connectivity index (χ2n) is 5.98. The normalized spacial score (nSPS) is 12.3. The second-order valence-corrected chi connectivity index (χ2v) is 8.80. The molecule has 0 saturated carbocycles. The molecule has 3 aromatic rings. The van der Waals surface area contributed by atoms with E-state index in [1.165, 1.54) is 18.2 Å². The predicted molar refractivity (Wildman–Crippen MR) is 105 cm³/mol. The molecule has 1 aromatic heterocycles. The number of hydrogen-bond acceptors (Lipinski definition) is 9. The molecule has 5 N–H and O–H groups in total. The van der Waals surface area contributed by atoms with E-state index in [0.29, 0.717) is 0 Å². The average Bonchev–Trinajstić information content (AvgIpc) is 3.09. The molecule has 15 heteroatoms. The first kappa shape index (κ1) is 22.0. The van der Waals surface area contributed by atoms with Crippen LogP contribution in [0.5, 0.6) is 0 Å². The van der Waals surface area contributed by atoms with E-state index in [9.17, 15) is 31.3 Å². The van der Waals surface area contributed by atoms with Crippen LogP contribution >= 0.6 is 0 Å². The van der Waals surface area contributed by atoms with E-state index in [0.717, 1.165) is 35.1 Å². The quantitative estimate of drug-likeness (QED) is 0.235. The van der Waals surface area contributed by atoms with Crippen LogP contribution in [-0.2, 0) is 20.2 Å². The monoisotopic (exact) mass is 467 g/mol. The third kappa shape index (κ3) is 4.92. The summed E-state index contributed by atoms with van der Waals surface area (Å²) in [5.41, 5.74) is 4.81. The number of anilines is 1. The van der Waals surface area contributed by atoms with Gasteiger partial charge < -0.3 is 10.8 Å². The lowest BCUT2D eigenvalue weighted by Crippen LogP contribution is -2.02. The van der Waals surface area contributed by atoms with Gasteiger partial charge in [0.05, 0.1) is 16.8 Å². The van der Waals surface area contributed by atoms with Crippen LogP contribution in [0.1, 0.15) is 10.5 Å². The van der Waals surface area contributed by atoms with Crippen molar-refractivity contribution in [3.63, 3.8) is 0 Å². The summed E-state index contributed by atoms with van der Waals surface area (Å²) in [6.07, 6.45) is 1.15. The Bertz CT molecular complexity index is 1410. The minimum atomic E-state index is -4.65. The first-order valence-corrected chi connectivity index (χ1v) is 10.9. The highest BCUT2D eigenvalue weighted by Gasteiger charge is 2.19. The van der Waals surface area contributed by atoms with Gasteiger partial charge in [0.1, 0.15) is 16.3 Å². The molecule has 0 spiro atoms. The number of aromatic carboxylic acids is 1. The van der Waals surface area contributed by atoms with Crippen LogP contribution in [0, 0.1) is 0 Å². The Morgan fingerprint density at radius 2 is 1.55 bits per heavy atom. The number of carbonyl (C=O) groups is 1. The average molecular weight is 467 g/mol. The first-order valence-electron chi connectivity index (χ1n) is 8.06. The van der Waals surface area contributed by atoms with Gasteiger partial charge in [0.2, 0.25) is 0 Å². The van der Waals surface area contributed by atoms with Gasteiger partial charge >= 0.3 is 5.97 Å². The number of carboxylic acid groups (broad SMARTS) is 1. The molecule has 162 valence electrons. The number of benzene rings is 2. The largest absolute Gasteiger partial charge is 0.476 e. The summed E-state index contributed by atoms with van der Waals surface area (Å²) in [5.74, 6) is -1.47. The fourth-order valence-electron chi connectivity index (χ4n) is 2.43. The Morgan fingerprint density at radius 1 is 0.935 bits per heavy atom. The molecular weight excluding hydrogens is 454 g/mol. The molecule has 13 nitrogen and oxygen atoms in total.